The SMILES string of the molecule is c1ccc(-c2c3ccccc3c(-c3cccc4cc(-c5cccc(-c6cccc7c6oc6ccccc67)c5)ccc34)c3ccccc23)cc1. The summed E-state index contributed by atoms with van der Waals surface area (Å²) in [5.41, 5.74) is 11.5. The van der Waals surface area contributed by atoms with E-state index in [1.54, 1.807) is 0 Å². The number of rotatable bonds is 4. The number of para-hydroxylation sites is 2. The molecule has 10 aromatic rings. The molecule has 0 fully saturated rings. The second-order valence-corrected chi connectivity index (χ2v) is 12.8. The molecule has 0 N–H and O–H groups in total. The van der Waals surface area contributed by atoms with Crippen LogP contribution in [-0.2, 0) is 0 Å². The van der Waals surface area contributed by atoms with Crippen LogP contribution in [0.5, 0.6) is 0 Å². The third-order valence-electron chi connectivity index (χ3n) is 10.1. The highest BCUT2D eigenvalue weighted by Gasteiger charge is 2.18. The molecule has 0 aliphatic rings. The predicted octanol–water partition coefficient (Wildman–Crippen LogP) is 13.7. The second kappa shape index (κ2) is 11.1. The molecule has 0 aliphatic heterocycles. The first kappa shape index (κ1) is 27.7. The van der Waals surface area contributed by atoms with Crippen molar-refractivity contribution in [1.29, 1.82) is 0 Å². The van der Waals surface area contributed by atoms with Crippen molar-refractivity contribution in [3.63, 3.8) is 0 Å². The Bertz CT molecular complexity index is 2820. The lowest BCUT2D eigenvalue weighted by Gasteiger charge is -2.19. The van der Waals surface area contributed by atoms with Gasteiger partial charge in [-0.3, -0.25) is 0 Å². The van der Waals surface area contributed by atoms with Gasteiger partial charge in [-0.25, -0.2) is 0 Å². The molecule has 49 heavy (non-hydrogen) atoms. The zero-order valence-electron chi connectivity index (χ0n) is 26.7. The zero-order valence-corrected chi connectivity index (χ0v) is 26.7. The summed E-state index contributed by atoms with van der Waals surface area (Å²) in [5, 5.41) is 9.84. The second-order valence-electron chi connectivity index (χ2n) is 12.8. The smallest absolute Gasteiger partial charge is 0.143 e. The first-order valence-electron chi connectivity index (χ1n) is 16.8. The first-order valence-corrected chi connectivity index (χ1v) is 16.8. The van der Waals surface area contributed by atoms with Gasteiger partial charge >= 0.3 is 0 Å². The number of hydrogen-bond donors (Lipinski definition) is 0. The van der Waals surface area contributed by atoms with E-state index in [0.29, 0.717) is 0 Å². The zero-order chi connectivity index (χ0) is 32.3. The molecule has 0 spiro atoms. The molecule has 1 heterocycles. The number of benzene rings is 9. The number of fused-ring (bicyclic) bond motifs is 6. The van der Waals surface area contributed by atoms with E-state index in [2.05, 4.69) is 170 Å². The van der Waals surface area contributed by atoms with Crippen LogP contribution in [0.25, 0.3) is 98.8 Å². The summed E-state index contributed by atoms with van der Waals surface area (Å²) in [5.74, 6) is 0. The van der Waals surface area contributed by atoms with Crippen LogP contribution in [0.3, 0.4) is 0 Å². The van der Waals surface area contributed by atoms with E-state index in [1.165, 1.54) is 65.7 Å². The molecule has 1 nitrogen and oxygen atoms in total. The topological polar surface area (TPSA) is 13.1 Å². The largest absolute Gasteiger partial charge is 0.455 e. The highest BCUT2D eigenvalue weighted by Crippen LogP contribution is 2.45. The van der Waals surface area contributed by atoms with Crippen molar-refractivity contribution in [3.8, 4) is 44.5 Å². The van der Waals surface area contributed by atoms with Crippen LogP contribution in [0.15, 0.2) is 186 Å². The van der Waals surface area contributed by atoms with Crippen LogP contribution < -0.4 is 0 Å². The van der Waals surface area contributed by atoms with Gasteiger partial charge in [0.1, 0.15) is 11.2 Å². The Morgan fingerprint density at radius 3 is 1.61 bits per heavy atom. The number of furan rings is 1. The third kappa shape index (κ3) is 4.40. The Kier molecular flexibility index (Phi) is 6.25. The lowest BCUT2D eigenvalue weighted by atomic mass is 9.84. The fraction of sp³-hybridized carbons (Fsp3) is 0. The maximum absolute atomic E-state index is 6.39. The molecular formula is C48H30O. The molecule has 0 radical (unpaired) electrons. The van der Waals surface area contributed by atoms with Gasteiger partial charge < -0.3 is 4.42 Å². The highest BCUT2D eigenvalue weighted by atomic mass is 16.3. The van der Waals surface area contributed by atoms with Crippen molar-refractivity contribution >= 4 is 54.3 Å². The van der Waals surface area contributed by atoms with Crippen molar-refractivity contribution in [2.45, 2.75) is 0 Å². The quantitative estimate of drug-likeness (QED) is 0.178. The van der Waals surface area contributed by atoms with E-state index in [0.717, 1.165) is 33.1 Å². The van der Waals surface area contributed by atoms with E-state index >= 15 is 0 Å². The lowest BCUT2D eigenvalue weighted by Crippen LogP contribution is -1.91. The summed E-state index contributed by atoms with van der Waals surface area (Å²) in [7, 11) is 0. The van der Waals surface area contributed by atoms with Crippen LogP contribution in [0, 0.1) is 0 Å². The predicted molar refractivity (Wildman–Crippen MR) is 208 cm³/mol. The molecule has 0 aliphatic carbocycles. The lowest BCUT2D eigenvalue weighted by molar-refractivity contribution is 0.670. The molecular weight excluding hydrogens is 593 g/mol. The van der Waals surface area contributed by atoms with Crippen LogP contribution in [0.2, 0.25) is 0 Å². The van der Waals surface area contributed by atoms with E-state index < -0.39 is 0 Å². The van der Waals surface area contributed by atoms with Gasteiger partial charge in [-0.1, -0.05) is 164 Å². The van der Waals surface area contributed by atoms with Gasteiger partial charge in [0.05, 0.1) is 0 Å². The highest BCUT2D eigenvalue weighted by molar-refractivity contribution is 6.23. The Morgan fingerprint density at radius 1 is 0.286 bits per heavy atom. The van der Waals surface area contributed by atoms with E-state index in [1.807, 2.05) is 12.1 Å². The number of hydrogen-bond acceptors (Lipinski definition) is 1. The first-order chi connectivity index (χ1) is 24.3. The maximum Gasteiger partial charge on any atom is 0.143 e. The van der Waals surface area contributed by atoms with Gasteiger partial charge in [-0.05, 0) is 89.5 Å². The molecule has 9 aromatic carbocycles. The minimum absolute atomic E-state index is 0.918. The molecule has 10 rings (SSSR count). The summed E-state index contributed by atoms with van der Waals surface area (Å²) in [6, 6.07) is 65.7. The van der Waals surface area contributed by atoms with Crippen molar-refractivity contribution in [2.24, 2.45) is 0 Å². The Balaban J connectivity index is 1.14. The summed E-state index contributed by atoms with van der Waals surface area (Å²) in [4.78, 5) is 0. The van der Waals surface area contributed by atoms with Gasteiger partial charge in [0.15, 0.2) is 0 Å². The average molecular weight is 623 g/mol. The van der Waals surface area contributed by atoms with Crippen LogP contribution in [-0.4, -0.2) is 0 Å². The summed E-state index contributed by atoms with van der Waals surface area (Å²) in [6.45, 7) is 0. The fourth-order valence-electron chi connectivity index (χ4n) is 7.86. The van der Waals surface area contributed by atoms with Crippen molar-refractivity contribution in [2.75, 3.05) is 0 Å². The summed E-state index contributed by atoms with van der Waals surface area (Å²) in [6.07, 6.45) is 0. The fourth-order valence-corrected chi connectivity index (χ4v) is 7.86. The molecule has 0 atom stereocenters. The summed E-state index contributed by atoms with van der Waals surface area (Å²) < 4.78 is 6.39. The molecule has 0 amide bonds. The average Bonchev–Trinajstić information content (AvgIpc) is 3.56. The monoisotopic (exact) mass is 622 g/mol. The normalized spacial score (nSPS) is 11.7. The molecule has 0 saturated carbocycles. The van der Waals surface area contributed by atoms with Gasteiger partial charge in [-0.2, -0.15) is 0 Å². The Labute approximate surface area is 284 Å². The Morgan fingerprint density at radius 2 is 0.837 bits per heavy atom. The molecule has 1 aromatic heterocycles. The van der Waals surface area contributed by atoms with Crippen LogP contribution >= 0.6 is 0 Å². The summed E-state index contributed by atoms with van der Waals surface area (Å²) >= 11 is 0. The third-order valence-corrected chi connectivity index (χ3v) is 10.1. The molecule has 0 saturated heterocycles. The van der Waals surface area contributed by atoms with Gasteiger partial charge in [-0.15, -0.1) is 0 Å². The van der Waals surface area contributed by atoms with Gasteiger partial charge in [0.25, 0.3) is 0 Å². The van der Waals surface area contributed by atoms with Gasteiger partial charge in [0.2, 0.25) is 0 Å². The Hall–Kier alpha value is -6.44. The van der Waals surface area contributed by atoms with Gasteiger partial charge in [0, 0.05) is 16.3 Å². The van der Waals surface area contributed by atoms with Crippen molar-refractivity contribution < 1.29 is 4.42 Å². The molecule has 228 valence electrons. The van der Waals surface area contributed by atoms with Crippen molar-refractivity contribution in [1.82, 2.24) is 0 Å². The van der Waals surface area contributed by atoms with E-state index in [-0.39, 0.29) is 0 Å². The van der Waals surface area contributed by atoms with E-state index in [4.69, 9.17) is 4.42 Å². The molecule has 0 bridgehead atoms. The standard InChI is InChI=1S/C48H30O/c1-2-13-31(14-3-1)46-40-19-4-6-21-42(40)47(43-22-7-5-20-41(43)46)39-24-11-17-34-30-33(27-28-36(34)39)32-15-10-16-35(29-32)37-23-12-25-44-38-18-8-9-26-45(38)49-48(37)44/h1-30H. The molecule has 1 heteroatoms. The maximum atomic E-state index is 6.39. The van der Waals surface area contributed by atoms with E-state index in [9.17, 15) is 0 Å². The molecule has 0 unspecified atom stereocenters. The minimum atomic E-state index is 0.918. The van der Waals surface area contributed by atoms with Crippen molar-refractivity contribution in [3.05, 3.63) is 182 Å². The van der Waals surface area contributed by atoms with Crippen LogP contribution in [0.4, 0.5) is 0 Å². The minimum Gasteiger partial charge on any atom is -0.455 e. The van der Waals surface area contributed by atoms with Crippen LogP contribution in [0.1, 0.15) is 0 Å².